The predicted octanol–water partition coefficient (Wildman–Crippen LogP) is 12.4. The van der Waals surface area contributed by atoms with Crippen molar-refractivity contribution < 1.29 is 0 Å². The molecular formula is C51H53BN2. The van der Waals surface area contributed by atoms with Gasteiger partial charge in [-0.1, -0.05) is 145 Å². The van der Waals surface area contributed by atoms with E-state index in [9.17, 15) is 0 Å². The Hall–Kier alpha value is -5.02. The van der Waals surface area contributed by atoms with E-state index in [1.54, 1.807) is 0 Å². The Labute approximate surface area is 324 Å². The van der Waals surface area contributed by atoms with Crippen molar-refractivity contribution in [1.82, 2.24) is 0 Å². The largest absolute Gasteiger partial charge is 0.311 e. The highest BCUT2D eigenvalue weighted by molar-refractivity contribution is 7.00. The lowest BCUT2D eigenvalue weighted by atomic mass is 9.33. The topological polar surface area (TPSA) is 6.48 Å². The summed E-state index contributed by atoms with van der Waals surface area (Å²) < 4.78 is 0. The van der Waals surface area contributed by atoms with Crippen molar-refractivity contribution in [2.45, 2.75) is 97.3 Å². The van der Waals surface area contributed by atoms with Crippen LogP contribution in [0.1, 0.15) is 102 Å². The van der Waals surface area contributed by atoms with Crippen molar-refractivity contribution in [3.63, 3.8) is 0 Å². The van der Waals surface area contributed by atoms with Crippen molar-refractivity contribution >= 4 is 57.2 Å². The molecule has 1 aliphatic carbocycles. The highest BCUT2D eigenvalue weighted by atomic mass is 15.2. The fourth-order valence-corrected chi connectivity index (χ4v) is 9.36. The molecular weight excluding hydrogens is 651 g/mol. The molecule has 0 amide bonds. The SMILES string of the molecule is Cc1ccc2c(c1)B1c3ccc(-c4cc(C(C)(C)C)cc(C(C)(C)C)c4)cc3N(c3ccccc3)c3cc(C4CCCCC4)cc(c31)N2c1ccccc1. The van der Waals surface area contributed by atoms with Crippen molar-refractivity contribution in [3.05, 3.63) is 150 Å². The molecule has 9 rings (SSSR count). The summed E-state index contributed by atoms with van der Waals surface area (Å²) in [5.74, 6) is 0.567. The zero-order valence-corrected chi connectivity index (χ0v) is 33.2. The Morgan fingerprint density at radius 1 is 0.500 bits per heavy atom. The molecule has 2 aliphatic heterocycles. The molecule has 1 fully saturated rings. The summed E-state index contributed by atoms with van der Waals surface area (Å²) in [6, 6.07) is 49.1. The fraction of sp³-hybridized carbons (Fsp3) is 0.294. The first kappa shape index (κ1) is 34.7. The van der Waals surface area contributed by atoms with Crippen LogP contribution in [0.4, 0.5) is 34.1 Å². The average molecular weight is 705 g/mol. The van der Waals surface area contributed by atoms with Gasteiger partial charge in [0.05, 0.1) is 0 Å². The second kappa shape index (κ2) is 13.1. The highest BCUT2D eigenvalue weighted by Gasteiger charge is 2.44. The number of rotatable bonds is 4. The molecule has 54 heavy (non-hydrogen) atoms. The molecule has 0 bridgehead atoms. The van der Waals surface area contributed by atoms with Gasteiger partial charge in [-0.3, -0.25) is 0 Å². The Kier molecular flexibility index (Phi) is 8.41. The first-order valence-electron chi connectivity index (χ1n) is 20.2. The van der Waals surface area contributed by atoms with E-state index >= 15 is 0 Å². The molecule has 0 aromatic heterocycles. The predicted molar refractivity (Wildman–Crippen MR) is 234 cm³/mol. The molecule has 0 atom stereocenters. The lowest BCUT2D eigenvalue weighted by Crippen LogP contribution is -2.61. The number of hydrogen-bond donors (Lipinski definition) is 0. The van der Waals surface area contributed by atoms with E-state index in [0.29, 0.717) is 5.92 Å². The number of nitrogens with zero attached hydrogens (tertiary/aromatic N) is 2. The molecule has 0 radical (unpaired) electrons. The fourth-order valence-electron chi connectivity index (χ4n) is 9.36. The second-order valence-corrected chi connectivity index (χ2v) is 18.2. The molecule has 0 spiro atoms. The van der Waals surface area contributed by atoms with Crippen LogP contribution in [0.15, 0.2) is 127 Å². The molecule has 6 aromatic rings. The van der Waals surface area contributed by atoms with Crippen LogP contribution in [-0.4, -0.2) is 6.71 Å². The number of aryl methyl sites for hydroxylation is 1. The molecule has 2 nitrogen and oxygen atoms in total. The third-order valence-electron chi connectivity index (χ3n) is 12.4. The van der Waals surface area contributed by atoms with Gasteiger partial charge in [-0.2, -0.15) is 0 Å². The van der Waals surface area contributed by atoms with E-state index in [1.165, 1.54) is 116 Å². The second-order valence-electron chi connectivity index (χ2n) is 18.2. The van der Waals surface area contributed by atoms with Crippen LogP contribution >= 0.6 is 0 Å². The van der Waals surface area contributed by atoms with Gasteiger partial charge in [-0.05, 0) is 129 Å². The summed E-state index contributed by atoms with van der Waals surface area (Å²) >= 11 is 0. The van der Waals surface area contributed by atoms with E-state index in [-0.39, 0.29) is 17.5 Å². The monoisotopic (exact) mass is 704 g/mol. The van der Waals surface area contributed by atoms with Crippen LogP contribution in [-0.2, 0) is 10.8 Å². The van der Waals surface area contributed by atoms with Gasteiger partial charge in [0.2, 0.25) is 0 Å². The zero-order valence-electron chi connectivity index (χ0n) is 33.2. The summed E-state index contributed by atoms with van der Waals surface area (Å²) in [4.78, 5) is 5.16. The number of anilines is 6. The quantitative estimate of drug-likeness (QED) is 0.168. The van der Waals surface area contributed by atoms with E-state index < -0.39 is 0 Å². The third kappa shape index (κ3) is 5.97. The van der Waals surface area contributed by atoms with E-state index in [4.69, 9.17) is 0 Å². The number of hydrogen-bond acceptors (Lipinski definition) is 2. The Morgan fingerprint density at radius 2 is 1.07 bits per heavy atom. The minimum Gasteiger partial charge on any atom is -0.311 e. The smallest absolute Gasteiger partial charge is 0.252 e. The summed E-state index contributed by atoms with van der Waals surface area (Å²) in [6.07, 6.45) is 6.48. The summed E-state index contributed by atoms with van der Waals surface area (Å²) in [5.41, 5.74) is 20.0. The summed E-state index contributed by atoms with van der Waals surface area (Å²) in [7, 11) is 0. The van der Waals surface area contributed by atoms with Crippen molar-refractivity contribution in [2.24, 2.45) is 0 Å². The van der Waals surface area contributed by atoms with Gasteiger partial charge in [0.25, 0.3) is 6.71 Å². The van der Waals surface area contributed by atoms with Crippen LogP contribution in [0.2, 0.25) is 0 Å². The molecule has 1 saturated carbocycles. The first-order valence-corrected chi connectivity index (χ1v) is 20.2. The maximum atomic E-state index is 2.60. The van der Waals surface area contributed by atoms with Crippen molar-refractivity contribution in [3.8, 4) is 11.1 Å². The van der Waals surface area contributed by atoms with Gasteiger partial charge in [-0.25, -0.2) is 0 Å². The minimum absolute atomic E-state index is 0.0411. The van der Waals surface area contributed by atoms with Crippen LogP contribution < -0.4 is 26.2 Å². The Balaban J connectivity index is 1.35. The molecule has 0 N–H and O–H groups in total. The molecule has 0 saturated heterocycles. The van der Waals surface area contributed by atoms with Crippen LogP contribution in [0.5, 0.6) is 0 Å². The Morgan fingerprint density at radius 3 is 1.65 bits per heavy atom. The lowest BCUT2D eigenvalue weighted by Gasteiger charge is -2.45. The molecule has 6 aromatic carbocycles. The highest BCUT2D eigenvalue weighted by Crippen LogP contribution is 2.47. The Bertz CT molecular complexity index is 2320. The maximum Gasteiger partial charge on any atom is 0.252 e. The van der Waals surface area contributed by atoms with E-state index in [0.717, 1.165) is 0 Å². The minimum atomic E-state index is 0.0411. The van der Waals surface area contributed by atoms with Crippen molar-refractivity contribution in [2.75, 3.05) is 9.80 Å². The molecule has 2 heterocycles. The van der Waals surface area contributed by atoms with Gasteiger partial charge in [0, 0.05) is 34.1 Å². The van der Waals surface area contributed by atoms with Crippen LogP contribution in [0.3, 0.4) is 0 Å². The van der Waals surface area contributed by atoms with Gasteiger partial charge >= 0.3 is 0 Å². The summed E-state index contributed by atoms with van der Waals surface area (Å²) in [6.45, 7) is 16.4. The van der Waals surface area contributed by atoms with Gasteiger partial charge in [0.15, 0.2) is 0 Å². The van der Waals surface area contributed by atoms with Gasteiger partial charge in [-0.15, -0.1) is 0 Å². The standard InChI is InChI=1S/C51H53BN2/c1-34-23-26-45-44(27-34)52-43-25-24-36(37-28-39(50(2,3)4)33-40(29-37)51(5,6)7)30-46(43)54(42-21-15-10-16-22-42)48-32-38(35-17-11-8-12-18-35)31-47(49(48)52)53(45)41-19-13-9-14-20-41/h9-10,13-16,19-33,35H,8,11-12,17-18H2,1-7H3. The van der Waals surface area contributed by atoms with Gasteiger partial charge in [0.1, 0.15) is 0 Å². The molecule has 3 aliphatic rings. The molecule has 3 heteroatoms. The van der Waals surface area contributed by atoms with Crippen LogP contribution in [0, 0.1) is 6.92 Å². The lowest BCUT2D eigenvalue weighted by molar-refractivity contribution is 0.444. The normalized spacial score (nSPS) is 15.5. The van der Waals surface area contributed by atoms with Crippen molar-refractivity contribution in [1.29, 1.82) is 0 Å². The third-order valence-corrected chi connectivity index (χ3v) is 12.4. The summed E-state index contributed by atoms with van der Waals surface area (Å²) in [5, 5.41) is 0. The zero-order chi connectivity index (χ0) is 37.4. The van der Waals surface area contributed by atoms with Crippen LogP contribution in [0.25, 0.3) is 11.1 Å². The number of para-hydroxylation sites is 2. The molecule has 0 unspecified atom stereocenters. The maximum absolute atomic E-state index is 2.60. The number of benzene rings is 6. The average Bonchev–Trinajstić information content (AvgIpc) is 3.17. The van der Waals surface area contributed by atoms with E-state index in [2.05, 4.69) is 186 Å². The molecule has 270 valence electrons. The van der Waals surface area contributed by atoms with Gasteiger partial charge < -0.3 is 9.80 Å². The van der Waals surface area contributed by atoms with E-state index in [1.807, 2.05) is 0 Å². The first-order chi connectivity index (χ1) is 26.0. The number of fused-ring (bicyclic) bond motifs is 4.